The molecule has 0 N–H and O–H groups in total. The Hall–Kier alpha value is -1.60. The number of hydrogen-bond acceptors (Lipinski definition) is 1. The number of carbonyl (C=O) groups is 1. The molecule has 2 heteroatoms. The third-order valence-corrected chi connectivity index (χ3v) is 3.64. The maximum Gasteiger partial charge on any atom is 0.164 e. The summed E-state index contributed by atoms with van der Waals surface area (Å²) in [5.41, 5.74) is 1.51. The molecule has 1 nitrogen and oxygen atoms in total. The number of carbonyl (C=O) groups excluding carboxylic acids is 1. The molecule has 0 amide bonds. The summed E-state index contributed by atoms with van der Waals surface area (Å²) >= 11 is 6.27. The summed E-state index contributed by atoms with van der Waals surface area (Å²) in [6.45, 7) is 6.24. The summed E-state index contributed by atoms with van der Waals surface area (Å²) in [5.74, 6) is -0.239. The van der Waals surface area contributed by atoms with Crippen molar-refractivity contribution in [3.63, 3.8) is 0 Å². The number of ketones is 1. The number of halogens is 1. The maximum atomic E-state index is 12.5. The van der Waals surface area contributed by atoms with Gasteiger partial charge in [-0.05, 0) is 16.5 Å². The van der Waals surface area contributed by atoms with Crippen molar-refractivity contribution in [2.24, 2.45) is 0 Å². The van der Waals surface area contributed by atoms with Crippen molar-refractivity contribution in [3.05, 3.63) is 71.2 Å². The van der Waals surface area contributed by atoms with Gasteiger partial charge in [0, 0.05) is 12.0 Å². The fourth-order valence-electron chi connectivity index (χ4n) is 1.96. The summed E-state index contributed by atoms with van der Waals surface area (Å²) in [5, 5.41) is -1.00. The van der Waals surface area contributed by atoms with Crippen LogP contribution in [0.5, 0.6) is 0 Å². The number of rotatable bonds is 4. The first-order chi connectivity index (χ1) is 11.9. The van der Waals surface area contributed by atoms with Crippen LogP contribution in [-0.4, -0.2) is 5.78 Å². The van der Waals surface area contributed by atoms with Crippen molar-refractivity contribution >= 4 is 17.4 Å². The van der Waals surface area contributed by atoms with Gasteiger partial charge < -0.3 is 0 Å². The van der Waals surface area contributed by atoms with Gasteiger partial charge in [0.2, 0.25) is 0 Å². The summed E-state index contributed by atoms with van der Waals surface area (Å²) in [7, 11) is 0. The average molecular weight is 306 g/mol. The molecule has 0 aliphatic carbocycles. The van der Waals surface area contributed by atoms with Gasteiger partial charge in [0.15, 0.2) is 5.78 Å². The molecule has 110 valence electrons. The maximum absolute atomic E-state index is 12.5. The first-order valence-electron chi connectivity index (χ1n) is 9.29. The molecule has 0 saturated heterocycles. The molecular weight excluding hydrogens is 280 g/mol. The first kappa shape index (κ1) is 10.2. The molecule has 0 heterocycles. The topological polar surface area (TPSA) is 17.1 Å². The third-order valence-electron chi connectivity index (χ3n) is 3.27. The number of Topliss-reactive ketones (excluding diaryl/α,β-unsaturated/α-hetero) is 1. The molecule has 0 aliphatic heterocycles. The highest BCUT2D eigenvalue weighted by Gasteiger charge is 2.17. The summed E-state index contributed by atoms with van der Waals surface area (Å²) < 4.78 is 38.9. The van der Waals surface area contributed by atoms with Crippen LogP contribution in [0.2, 0.25) is 0 Å². The van der Waals surface area contributed by atoms with Crippen LogP contribution in [0.4, 0.5) is 0 Å². The Labute approximate surface area is 139 Å². The minimum atomic E-state index is -1.00. The Morgan fingerprint density at radius 2 is 1.71 bits per heavy atom. The molecular formula is C19H21ClO. The average Bonchev–Trinajstić information content (AvgIpc) is 2.57. The highest BCUT2D eigenvalue weighted by atomic mass is 35.5. The fourth-order valence-corrected chi connectivity index (χ4v) is 2.20. The van der Waals surface area contributed by atoms with Crippen LogP contribution in [0.1, 0.15) is 60.9 Å². The molecule has 1 unspecified atom stereocenters. The van der Waals surface area contributed by atoms with E-state index in [2.05, 4.69) is 20.8 Å². The van der Waals surface area contributed by atoms with E-state index >= 15 is 0 Å². The Morgan fingerprint density at radius 3 is 2.24 bits per heavy atom. The second kappa shape index (κ2) is 6.44. The van der Waals surface area contributed by atoms with E-state index in [-0.39, 0.29) is 35.3 Å². The summed E-state index contributed by atoms with van der Waals surface area (Å²) in [4.78, 5) is 12.5. The van der Waals surface area contributed by atoms with Crippen LogP contribution in [0.15, 0.2) is 54.5 Å². The third kappa shape index (κ3) is 4.18. The fraction of sp³-hybridized carbons (Fsp3) is 0.316. The zero-order chi connectivity index (χ0) is 19.8. The second-order valence-corrected chi connectivity index (χ2v) is 6.49. The minimum absolute atomic E-state index is 0.0239. The van der Waals surface area contributed by atoms with E-state index in [0.717, 1.165) is 5.56 Å². The van der Waals surface area contributed by atoms with Gasteiger partial charge in [0.25, 0.3) is 0 Å². The van der Waals surface area contributed by atoms with Crippen molar-refractivity contribution in [2.75, 3.05) is 0 Å². The van der Waals surface area contributed by atoms with Crippen LogP contribution < -0.4 is 0 Å². The Bertz CT molecular complexity index is 811. The highest BCUT2D eigenvalue weighted by Crippen LogP contribution is 2.27. The van der Waals surface area contributed by atoms with E-state index < -0.39 is 23.5 Å². The van der Waals surface area contributed by atoms with E-state index in [1.165, 1.54) is 0 Å². The Morgan fingerprint density at radius 1 is 1.14 bits per heavy atom. The van der Waals surface area contributed by atoms with Crippen molar-refractivity contribution in [1.82, 2.24) is 0 Å². The van der Waals surface area contributed by atoms with Crippen LogP contribution >= 0.6 is 11.6 Å². The molecule has 2 aromatic carbocycles. The zero-order valence-electron chi connectivity index (χ0n) is 17.4. The number of benzene rings is 2. The van der Waals surface area contributed by atoms with E-state index in [4.69, 9.17) is 18.5 Å². The number of alkyl halides is 1. The minimum Gasteiger partial charge on any atom is -0.294 e. The largest absolute Gasteiger partial charge is 0.294 e. The highest BCUT2D eigenvalue weighted by molar-refractivity contribution is 6.22. The van der Waals surface area contributed by atoms with Gasteiger partial charge in [-0.3, -0.25) is 4.79 Å². The van der Waals surface area contributed by atoms with Crippen LogP contribution in [0.25, 0.3) is 0 Å². The lowest BCUT2D eigenvalue weighted by Gasteiger charge is -2.19. The summed E-state index contributed by atoms with van der Waals surface area (Å²) in [6, 6.07) is 5.13. The second-order valence-electron chi connectivity index (χ2n) is 5.96. The lowest BCUT2D eigenvalue weighted by atomic mass is 9.86. The predicted molar refractivity (Wildman–Crippen MR) is 89.1 cm³/mol. The molecule has 2 rings (SSSR count). The quantitative estimate of drug-likeness (QED) is 0.535. The van der Waals surface area contributed by atoms with Gasteiger partial charge in [-0.2, -0.15) is 0 Å². The molecule has 2 aromatic rings. The van der Waals surface area contributed by atoms with E-state index in [9.17, 15) is 4.79 Å². The Balaban J connectivity index is 2.28. The Kier molecular flexibility index (Phi) is 3.12. The monoisotopic (exact) mass is 305 g/mol. The van der Waals surface area contributed by atoms with Gasteiger partial charge >= 0.3 is 0 Å². The molecule has 0 saturated carbocycles. The van der Waals surface area contributed by atoms with Gasteiger partial charge in [0.05, 0.1) is 12.2 Å². The van der Waals surface area contributed by atoms with Crippen LogP contribution in [0, 0.1) is 0 Å². The summed E-state index contributed by atoms with van der Waals surface area (Å²) in [6.07, 6.45) is -0.148. The molecule has 21 heavy (non-hydrogen) atoms. The normalized spacial score (nSPS) is 16.3. The number of hydrogen-bond donors (Lipinski definition) is 0. The van der Waals surface area contributed by atoms with Crippen LogP contribution in [-0.2, 0) is 5.41 Å². The first-order valence-corrected chi connectivity index (χ1v) is 7.23. The SMILES string of the molecule is [2H]c1c([2H])c([2H])c(C(Cl)CC(=O)c2ccc(C(C)(C)C)cc2)c([2H])c1[2H]. The standard InChI is InChI=1S/C19H21ClO/c1-19(2,3)16-11-9-15(10-12-16)18(21)13-17(20)14-7-5-4-6-8-14/h4-12,17H,13H2,1-3H3/i4D,5D,6D,7D,8D. The van der Waals surface area contributed by atoms with E-state index in [1.807, 2.05) is 12.1 Å². The lowest BCUT2D eigenvalue weighted by molar-refractivity contribution is 0.0981. The smallest absolute Gasteiger partial charge is 0.164 e. The van der Waals surface area contributed by atoms with Crippen molar-refractivity contribution in [2.45, 2.75) is 38.0 Å². The molecule has 0 bridgehead atoms. The van der Waals surface area contributed by atoms with Crippen molar-refractivity contribution < 1.29 is 11.6 Å². The molecule has 0 aromatic heterocycles. The van der Waals surface area contributed by atoms with Gasteiger partial charge in [-0.1, -0.05) is 75.2 Å². The molecule has 0 aliphatic rings. The van der Waals surface area contributed by atoms with E-state index in [0.29, 0.717) is 5.56 Å². The molecule has 0 spiro atoms. The van der Waals surface area contributed by atoms with Crippen LogP contribution in [0.3, 0.4) is 0 Å². The molecule has 0 radical (unpaired) electrons. The van der Waals surface area contributed by atoms with E-state index in [1.54, 1.807) is 12.1 Å². The lowest BCUT2D eigenvalue weighted by Crippen LogP contribution is -2.11. The molecule has 1 atom stereocenters. The predicted octanol–water partition coefficient (Wildman–Crippen LogP) is 5.54. The van der Waals surface area contributed by atoms with Gasteiger partial charge in [-0.25, -0.2) is 0 Å². The zero-order valence-corrected chi connectivity index (χ0v) is 13.1. The van der Waals surface area contributed by atoms with Gasteiger partial charge in [0.1, 0.15) is 0 Å². The van der Waals surface area contributed by atoms with Gasteiger partial charge in [-0.15, -0.1) is 11.6 Å². The van der Waals surface area contributed by atoms with Crippen molar-refractivity contribution in [3.8, 4) is 0 Å². The molecule has 0 fully saturated rings. The van der Waals surface area contributed by atoms with Crippen molar-refractivity contribution in [1.29, 1.82) is 0 Å².